The van der Waals surface area contributed by atoms with Crippen LogP contribution in [0.1, 0.15) is 32.0 Å². The van der Waals surface area contributed by atoms with Crippen LogP contribution in [0.15, 0.2) is 23.6 Å². The van der Waals surface area contributed by atoms with Crippen molar-refractivity contribution in [2.75, 3.05) is 6.54 Å². The van der Waals surface area contributed by atoms with Crippen molar-refractivity contribution >= 4 is 11.3 Å². The Hall–Kier alpha value is -1.46. The zero-order valence-electron chi connectivity index (χ0n) is 11.0. The fraction of sp³-hybridized carbons (Fsp3) is 0.357. The summed E-state index contributed by atoms with van der Waals surface area (Å²) in [6.45, 7) is 5.08. The van der Waals surface area contributed by atoms with Gasteiger partial charge in [-0.25, -0.2) is 9.37 Å². The molecule has 1 aromatic carbocycles. The molecule has 3 nitrogen and oxygen atoms in total. The van der Waals surface area contributed by atoms with E-state index in [4.69, 9.17) is 0 Å². The topological polar surface area (TPSA) is 45.1 Å². The van der Waals surface area contributed by atoms with Crippen molar-refractivity contribution in [3.05, 3.63) is 35.1 Å². The molecular formula is C14H17FN2OS. The number of nitrogens with zero attached hydrogens (tertiary/aromatic N) is 1. The predicted octanol–water partition coefficient (Wildman–Crippen LogP) is 3.72. The van der Waals surface area contributed by atoms with Gasteiger partial charge in [0.2, 0.25) is 0 Å². The summed E-state index contributed by atoms with van der Waals surface area (Å²) in [4.78, 5) is 4.46. The summed E-state index contributed by atoms with van der Waals surface area (Å²) in [5, 5.41) is 15.1. The number of aromatic hydroxyl groups is 1. The second kappa shape index (κ2) is 6.12. The van der Waals surface area contributed by atoms with E-state index in [-0.39, 0.29) is 11.8 Å². The molecule has 102 valence electrons. The van der Waals surface area contributed by atoms with Crippen LogP contribution >= 0.6 is 11.3 Å². The quantitative estimate of drug-likeness (QED) is 0.877. The van der Waals surface area contributed by atoms with E-state index in [0.29, 0.717) is 10.6 Å². The number of phenolic OH excluding ortho intramolecular Hbond substituents is 1. The normalized spacial score (nSPS) is 12.6. The first-order valence-corrected chi connectivity index (χ1v) is 7.17. The number of benzene rings is 1. The van der Waals surface area contributed by atoms with Crippen LogP contribution in [0.2, 0.25) is 0 Å². The highest BCUT2D eigenvalue weighted by Gasteiger charge is 2.13. The molecule has 0 saturated heterocycles. The van der Waals surface area contributed by atoms with E-state index in [1.165, 1.54) is 17.4 Å². The van der Waals surface area contributed by atoms with E-state index in [1.807, 2.05) is 12.3 Å². The number of nitrogens with one attached hydrogen (secondary N) is 1. The minimum absolute atomic E-state index is 0.0731. The second-order valence-electron chi connectivity index (χ2n) is 4.42. The van der Waals surface area contributed by atoms with Gasteiger partial charge in [0.1, 0.15) is 16.6 Å². The molecule has 5 heteroatoms. The molecule has 0 spiro atoms. The van der Waals surface area contributed by atoms with Crippen LogP contribution in [-0.4, -0.2) is 16.6 Å². The number of aromatic nitrogens is 1. The molecule has 0 amide bonds. The maximum atomic E-state index is 13.7. The first-order valence-electron chi connectivity index (χ1n) is 6.29. The summed E-state index contributed by atoms with van der Waals surface area (Å²) in [6, 6.07) is 4.29. The van der Waals surface area contributed by atoms with Crippen LogP contribution in [0.5, 0.6) is 5.75 Å². The van der Waals surface area contributed by atoms with Gasteiger partial charge in [0, 0.05) is 23.1 Å². The molecule has 1 heterocycles. The lowest BCUT2D eigenvalue weighted by atomic mass is 10.2. The van der Waals surface area contributed by atoms with E-state index in [0.717, 1.165) is 24.7 Å². The zero-order valence-corrected chi connectivity index (χ0v) is 11.8. The third kappa shape index (κ3) is 3.30. The molecule has 1 unspecified atom stereocenters. The van der Waals surface area contributed by atoms with Crippen LogP contribution in [0, 0.1) is 5.82 Å². The number of thiazole rings is 1. The standard InChI is InChI=1S/C14H17FN2OS/c1-3-6-16-9(2)13-8-19-14(17-13)11-5-4-10(18)7-12(11)15/h4-5,7-9,16,18H,3,6H2,1-2H3. The van der Waals surface area contributed by atoms with E-state index in [2.05, 4.69) is 17.2 Å². The number of phenols is 1. The molecule has 0 aliphatic rings. The Kier molecular flexibility index (Phi) is 4.50. The van der Waals surface area contributed by atoms with Gasteiger partial charge in [-0.1, -0.05) is 6.92 Å². The molecule has 1 atom stereocenters. The minimum Gasteiger partial charge on any atom is -0.508 e. The van der Waals surface area contributed by atoms with Crippen molar-refractivity contribution in [1.82, 2.24) is 10.3 Å². The lowest BCUT2D eigenvalue weighted by Gasteiger charge is -2.09. The molecule has 0 aliphatic carbocycles. The van der Waals surface area contributed by atoms with Gasteiger partial charge in [-0.05, 0) is 32.0 Å². The maximum Gasteiger partial charge on any atom is 0.137 e. The molecular weight excluding hydrogens is 263 g/mol. The number of halogens is 1. The van der Waals surface area contributed by atoms with Crippen LogP contribution in [-0.2, 0) is 0 Å². The van der Waals surface area contributed by atoms with Gasteiger partial charge in [-0.3, -0.25) is 0 Å². The highest BCUT2D eigenvalue weighted by molar-refractivity contribution is 7.13. The maximum absolute atomic E-state index is 13.7. The summed E-state index contributed by atoms with van der Waals surface area (Å²) in [6.07, 6.45) is 1.06. The van der Waals surface area contributed by atoms with Crippen molar-refractivity contribution in [2.45, 2.75) is 26.3 Å². The Bertz CT molecular complexity index is 556. The lowest BCUT2D eigenvalue weighted by molar-refractivity contribution is 0.469. The first-order chi connectivity index (χ1) is 9.11. The van der Waals surface area contributed by atoms with Crippen molar-refractivity contribution < 1.29 is 9.50 Å². The fourth-order valence-corrected chi connectivity index (χ4v) is 2.69. The van der Waals surface area contributed by atoms with Crippen LogP contribution < -0.4 is 5.32 Å². The minimum atomic E-state index is -0.449. The van der Waals surface area contributed by atoms with Gasteiger partial charge < -0.3 is 10.4 Å². The van der Waals surface area contributed by atoms with Gasteiger partial charge in [-0.15, -0.1) is 11.3 Å². The van der Waals surface area contributed by atoms with Gasteiger partial charge >= 0.3 is 0 Å². The Morgan fingerprint density at radius 1 is 1.47 bits per heavy atom. The van der Waals surface area contributed by atoms with Crippen LogP contribution in [0.25, 0.3) is 10.6 Å². The fourth-order valence-electron chi connectivity index (χ4n) is 1.75. The Morgan fingerprint density at radius 2 is 2.26 bits per heavy atom. The summed E-state index contributed by atoms with van der Waals surface area (Å²) < 4.78 is 13.7. The van der Waals surface area contributed by atoms with Gasteiger partial charge in [0.15, 0.2) is 0 Å². The third-order valence-electron chi connectivity index (χ3n) is 2.85. The molecule has 2 aromatic rings. The summed E-state index contributed by atoms with van der Waals surface area (Å²) in [5.74, 6) is -0.522. The summed E-state index contributed by atoms with van der Waals surface area (Å²) in [7, 11) is 0. The van der Waals surface area contributed by atoms with E-state index in [1.54, 1.807) is 6.07 Å². The lowest BCUT2D eigenvalue weighted by Crippen LogP contribution is -2.19. The summed E-state index contributed by atoms with van der Waals surface area (Å²) in [5.41, 5.74) is 1.35. The molecule has 0 bridgehead atoms. The van der Waals surface area contributed by atoms with Gasteiger partial charge in [0.05, 0.1) is 5.69 Å². The zero-order chi connectivity index (χ0) is 13.8. The average molecular weight is 280 g/mol. The van der Waals surface area contributed by atoms with Crippen molar-refractivity contribution in [3.8, 4) is 16.3 Å². The molecule has 19 heavy (non-hydrogen) atoms. The Labute approximate surface area is 116 Å². The number of rotatable bonds is 5. The molecule has 0 aliphatic heterocycles. The SMILES string of the molecule is CCCNC(C)c1csc(-c2ccc(O)cc2F)n1. The van der Waals surface area contributed by atoms with Gasteiger partial charge in [0.25, 0.3) is 0 Å². The number of hydrogen-bond donors (Lipinski definition) is 2. The monoisotopic (exact) mass is 280 g/mol. The van der Waals surface area contributed by atoms with Crippen molar-refractivity contribution in [1.29, 1.82) is 0 Å². The van der Waals surface area contributed by atoms with Crippen molar-refractivity contribution in [3.63, 3.8) is 0 Å². The Morgan fingerprint density at radius 3 is 2.95 bits per heavy atom. The molecule has 0 radical (unpaired) electrons. The molecule has 0 saturated carbocycles. The first kappa shape index (κ1) is 14.0. The molecule has 0 fully saturated rings. The van der Waals surface area contributed by atoms with Gasteiger partial charge in [-0.2, -0.15) is 0 Å². The Balaban J connectivity index is 2.20. The highest BCUT2D eigenvalue weighted by atomic mass is 32.1. The highest BCUT2D eigenvalue weighted by Crippen LogP contribution is 2.29. The van der Waals surface area contributed by atoms with E-state index < -0.39 is 5.82 Å². The molecule has 2 N–H and O–H groups in total. The number of hydrogen-bond acceptors (Lipinski definition) is 4. The van der Waals surface area contributed by atoms with Crippen molar-refractivity contribution in [2.24, 2.45) is 0 Å². The third-order valence-corrected chi connectivity index (χ3v) is 3.74. The van der Waals surface area contributed by atoms with E-state index in [9.17, 15) is 9.50 Å². The largest absolute Gasteiger partial charge is 0.508 e. The average Bonchev–Trinajstić information content (AvgIpc) is 2.85. The van der Waals surface area contributed by atoms with E-state index >= 15 is 0 Å². The smallest absolute Gasteiger partial charge is 0.137 e. The second-order valence-corrected chi connectivity index (χ2v) is 5.28. The molecule has 2 rings (SSSR count). The predicted molar refractivity (Wildman–Crippen MR) is 75.9 cm³/mol. The van der Waals surface area contributed by atoms with Crippen LogP contribution in [0.4, 0.5) is 4.39 Å². The summed E-state index contributed by atoms with van der Waals surface area (Å²) >= 11 is 1.41. The molecule has 1 aromatic heterocycles. The van der Waals surface area contributed by atoms with Crippen LogP contribution in [0.3, 0.4) is 0 Å².